The zero-order chi connectivity index (χ0) is 7.49. The van der Waals surface area contributed by atoms with Crippen LogP contribution >= 0.6 is 0 Å². The molecule has 0 aliphatic rings. The number of hydrogen-bond donors (Lipinski definition) is 2. The maximum Gasteiger partial charge on any atom is 0.237 e. The van der Waals surface area contributed by atoms with Crippen molar-refractivity contribution in [3.8, 4) is 0 Å². The summed E-state index contributed by atoms with van der Waals surface area (Å²) in [5, 5.41) is 0. The number of carbonyl (C=O) groups excluding carboxylic acids is 1. The van der Waals surface area contributed by atoms with Gasteiger partial charge in [-0.2, -0.15) is 0 Å². The third-order valence-electron chi connectivity index (χ3n) is 1.33. The van der Waals surface area contributed by atoms with Crippen LogP contribution < -0.4 is 11.5 Å². The predicted octanol–water partition coefficient (Wildman–Crippen LogP) is -0.0108. The molecular formula is C6H14N2O. The van der Waals surface area contributed by atoms with Gasteiger partial charge in [-0.1, -0.05) is 13.3 Å². The lowest BCUT2D eigenvalue weighted by molar-refractivity contribution is -0.122. The van der Waals surface area contributed by atoms with E-state index < -0.39 is 11.4 Å². The Morgan fingerprint density at radius 2 is 2.11 bits per heavy atom. The predicted molar refractivity (Wildman–Crippen MR) is 36.7 cm³/mol. The minimum Gasteiger partial charge on any atom is -0.368 e. The van der Waals surface area contributed by atoms with E-state index in [1.807, 2.05) is 6.92 Å². The van der Waals surface area contributed by atoms with Crippen LogP contribution in [0.3, 0.4) is 0 Å². The first-order valence-electron chi connectivity index (χ1n) is 3.09. The van der Waals surface area contributed by atoms with Crippen molar-refractivity contribution in [2.24, 2.45) is 11.5 Å². The molecule has 0 aromatic heterocycles. The van der Waals surface area contributed by atoms with Gasteiger partial charge in [-0.25, -0.2) is 0 Å². The van der Waals surface area contributed by atoms with Gasteiger partial charge in [-0.05, 0) is 13.3 Å². The summed E-state index contributed by atoms with van der Waals surface area (Å²) in [6, 6.07) is 0. The molecule has 0 bridgehead atoms. The Balaban J connectivity index is 3.85. The molecule has 0 aromatic carbocycles. The molecule has 0 rings (SSSR count). The second-order valence-electron chi connectivity index (χ2n) is 2.53. The van der Waals surface area contributed by atoms with Crippen molar-refractivity contribution in [2.45, 2.75) is 32.2 Å². The van der Waals surface area contributed by atoms with Gasteiger partial charge in [0.05, 0.1) is 5.54 Å². The second kappa shape index (κ2) is 2.82. The summed E-state index contributed by atoms with van der Waals surface area (Å²) in [6.45, 7) is 3.62. The standard InChI is InChI=1S/C6H14N2O/c1-3-4-6(2,8)5(7)9/h3-4,8H2,1-2H3,(H2,7,9)/t6-/m0/s1. The van der Waals surface area contributed by atoms with Gasteiger partial charge in [0, 0.05) is 0 Å². The fourth-order valence-electron chi connectivity index (χ4n) is 0.643. The second-order valence-corrected chi connectivity index (χ2v) is 2.53. The molecule has 0 unspecified atom stereocenters. The maximum atomic E-state index is 10.5. The SMILES string of the molecule is CCC[C@](C)(N)C(N)=O. The zero-order valence-electron chi connectivity index (χ0n) is 5.98. The highest BCUT2D eigenvalue weighted by Crippen LogP contribution is 2.06. The van der Waals surface area contributed by atoms with Crippen LogP contribution in [0.5, 0.6) is 0 Å². The molecule has 0 heterocycles. The topological polar surface area (TPSA) is 69.1 Å². The lowest BCUT2D eigenvalue weighted by Crippen LogP contribution is -2.49. The molecule has 3 nitrogen and oxygen atoms in total. The molecule has 4 N–H and O–H groups in total. The number of carbonyl (C=O) groups is 1. The van der Waals surface area contributed by atoms with Crippen LogP contribution in [0.15, 0.2) is 0 Å². The van der Waals surface area contributed by atoms with Gasteiger partial charge >= 0.3 is 0 Å². The monoisotopic (exact) mass is 130 g/mol. The molecule has 0 radical (unpaired) electrons. The molecule has 54 valence electrons. The summed E-state index contributed by atoms with van der Waals surface area (Å²) >= 11 is 0. The van der Waals surface area contributed by atoms with Crippen LogP contribution in [0, 0.1) is 0 Å². The van der Waals surface area contributed by atoms with Crippen molar-refractivity contribution in [3.05, 3.63) is 0 Å². The summed E-state index contributed by atoms with van der Waals surface area (Å²) in [7, 11) is 0. The van der Waals surface area contributed by atoms with Crippen LogP contribution in [-0.2, 0) is 4.79 Å². The van der Waals surface area contributed by atoms with E-state index >= 15 is 0 Å². The Morgan fingerprint density at radius 1 is 1.67 bits per heavy atom. The maximum absolute atomic E-state index is 10.5. The van der Waals surface area contributed by atoms with Gasteiger partial charge in [0.2, 0.25) is 5.91 Å². The van der Waals surface area contributed by atoms with E-state index in [1.165, 1.54) is 0 Å². The molecule has 0 saturated heterocycles. The van der Waals surface area contributed by atoms with Crippen LogP contribution in [0.1, 0.15) is 26.7 Å². The first-order chi connectivity index (χ1) is 4.00. The molecule has 0 spiro atoms. The van der Waals surface area contributed by atoms with E-state index in [0.29, 0.717) is 6.42 Å². The van der Waals surface area contributed by atoms with Gasteiger partial charge in [0.25, 0.3) is 0 Å². The summed E-state index contributed by atoms with van der Waals surface area (Å²) in [4.78, 5) is 10.5. The Kier molecular flexibility index (Phi) is 2.65. The Bertz CT molecular complexity index is 110. The normalized spacial score (nSPS) is 16.8. The van der Waals surface area contributed by atoms with Crippen LogP contribution in [0.4, 0.5) is 0 Å². The molecule has 0 aliphatic heterocycles. The smallest absolute Gasteiger partial charge is 0.237 e. The highest BCUT2D eigenvalue weighted by molar-refractivity contribution is 5.83. The van der Waals surface area contributed by atoms with Crippen molar-refractivity contribution in [3.63, 3.8) is 0 Å². The molecule has 9 heavy (non-hydrogen) atoms. The first-order valence-corrected chi connectivity index (χ1v) is 3.09. The molecule has 1 atom stereocenters. The zero-order valence-corrected chi connectivity index (χ0v) is 5.98. The van der Waals surface area contributed by atoms with Crippen LogP contribution in [0.2, 0.25) is 0 Å². The third-order valence-corrected chi connectivity index (χ3v) is 1.33. The van der Waals surface area contributed by atoms with Crippen molar-refractivity contribution in [2.75, 3.05) is 0 Å². The average molecular weight is 130 g/mol. The number of hydrogen-bond acceptors (Lipinski definition) is 2. The van der Waals surface area contributed by atoms with E-state index in [9.17, 15) is 4.79 Å². The summed E-state index contributed by atoms with van der Waals surface area (Å²) in [5.41, 5.74) is 9.68. The van der Waals surface area contributed by atoms with Crippen LogP contribution in [-0.4, -0.2) is 11.4 Å². The van der Waals surface area contributed by atoms with Crippen molar-refractivity contribution in [1.82, 2.24) is 0 Å². The largest absolute Gasteiger partial charge is 0.368 e. The molecule has 3 heteroatoms. The number of amides is 1. The van der Waals surface area contributed by atoms with Gasteiger partial charge < -0.3 is 11.5 Å². The fraction of sp³-hybridized carbons (Fsp3) is 0.833. The molecule has 0 aromatic rings. The van der Waals surface area contributed by atoms with Gasteiger partial charge in [0.15, 0.2) is 0 Å². The minimum atomic E-state index is -0.811. The first kappa shape index (κ1) is 8.43. The van der Waals surface area contributed by atoms with Gasteiger partial charge in [-0.3, -0.25) is 4.79 Å². The minimum absolute atomic E-state index is 0.427. The van der Waals surface area contributed by atoms with Crippen molar-refractivity contribution in [1.29, 1.82) is 0 Å². The number of primary amides is 1. The van der Waals surface area contributed by atoms with Gasteiger partial charge in [0.1, 0.15) is 0 Å². The van der Waals surface area contributed by atoms with Gasteiger partial charge in [-0.15, -0.1) is 0 Å². The highest BCUT2D eigenvalue weighted by Gasteiger charge is 2.23. The van der Waals surface area contributed by atoms with E-state index in [0.717, 1.165) is 6.42 Å². The lowest BCUT2D eigenvalue weighted by atomic mass is 9.97. The molecule has 1 amide bonds. The number of nitrogens with two attached hydrogens (primary N) is 2. The molecular weight excluding hydrogens is 116 g/mol. The Labute approximate surface area is 55.4 Å². The molecule has 0 saturated carbocycles. The van der Waals surface area contributed by atoms with Crippen LogP contribution in [0.25, 0.3) is 0 Å². The van der Waals surface area contributed by atoms with E-state index in [1.54, 1.807) is 6.92 Å². The fourth-order valence-corrected chi connectivity index (χ4v) is 0.643. The lowest BCUT2D eigenvalue weighted by Gasteiger charge is -2.18. The molecule has 0 aliphatic carbocycles. The third kappa shape index (κ3) is 2.46. The van der Waals surface area contributed by atoms with E-state index in [2.05, 4.69) is 0 Å². The van der Waals surface area contributed by atoms with Crippen molar-refractivity contribution < 1.29 is 4.79 Å². The average Bonchev–Trinajstić information content (AvgIpc) is 1.65. The van der Waals surface area contributed by atoms with Crippen molar-refractivity contribution >= 4 is 5.91 Å². The highest BCUT2D eigenvalue weighted by atomic mass is 16.1. The number of rotatable bonds is 3. The summed E-state index contributed by atoms with van der Waals surface area (Å²) in [6.07, 6.45) is 1.54. The molecule has 0 fully saturated rings. The summed E-state index contributed by atoms with van der Waals surface area (Å²) < 4.78 is 0. The summed E-state index contributed by atoms with van der Waals surface area (Å²) in [5.74, 6) is -0.427. The quantitative estimate of drug-likeness (QED) is 0.564. The van der Waals surface area contributed by atoms with E-state index in [-0.39, 0.29) is 0 Å². The Morgan fingerprint density at radius 3 is 2.22 bits per heavy atom. The van der Waals surface area contributed by atoms with E-state index in [4.69, 9.17) is 11.5 Å². The Hall–Kier alpha value is -0.570.